The third-order valence-corrected chi connectivity index (χ3v) is 3.48. The van der Waals surface area contributed by atoms with E-state index >= 15 is 0 Å². The van der Waals surface area contributed by atoms with Gasteiger partial charge in [-0.3, -0.25) is 0 Å². The lowest BCUT2D eigenvalue weighted by Crippen LogP contribution is -2.35. The van der Waals surface area contributed by atoms with Crippen LogP contribution in [0.3, 0.4) is 0 Å². The van der Waals surface area contributed by atoms with Crippen molar-refractivity contribution in [1.82, 2.24) is 0 Å². The fraction of sp³-hybridized carbons (Fsp3) is 0.455. The lowest BCUT2D eigenvalue weighted by molar-refractivity contribution is 0.271. The summed E-state index contributed by atoms with van der Waals surface area (Å²) in [4.78, 5) is 0. The van der Waals surface area contributed by atoms with E-state index < -0.39 is 0 Å². The molecule has 0 saturated heterocycles. The highest BCUT2D eigenvalue weighted by molar-refractivity contribution is 5.61. The van der Waals surface area contributed by atoms with Crippen LogP contribution in [-0.2, 0) is 5.41 Å². The second kappa shape index (κ2) is 2.25. The Labute approximate surface area is 77.0 Å². The number of halogens is 1. The van der Waals surface area contributed by atoms with E-state index in [1.54, 1.807) is 6.07 Å². The summed E-state index contributed by atoms with van der Waals surface area (Å²) in [5.41, 5.74) is 2.64. The summed E-state index contributed by atoms with van der Waals surface area (Å²) in [5.74, 6) is -0.103. The van der Waals surface area contributed by atoms with Gasteiger partial charge >= 0.3 is 0 Å². The molecule has 1 heterocycles. The van der Waals surface area contributed by atoms with Gasteiger partial charge in [0, 0.05) is 17.6 Å². The van der Waals surface area contributed by atoms with Gasteiger partial charge in [-0.25, -0.2) is 4.39 Å². The summed E-state index contributed by atoms with van der Waals surface area (Å²) >= 11 is 0. The van der Waals surface area contributed by atoms with E-state index in [-0.39, 0.29) is 11.2 Å². The van der Waals surface area contributed by atoms with Crippen LogP contribution >= 0.6 is 0 Å². The maximum absolute atomic E-state index is 13.0. The van der Waals surface area contributed by atoms with Gasteiger partial charge in [-0.05, 0) is 36.6 Å². The van der Waals surface area contributed by atoms with Crippen LogP contribution in [-0.4, -0.2) is 6.54 Å². The summed E-state index contributed by atoms with van der Waals surface area (Å²) in [6.45, 7) is 1.01. The number of hydrogen-bond acceptors (Lipinski definition) is 1. The molecule has 1 nitrogen and oxygen atoms in total. The van der Waals surface area contributed by atoms with Gasteiger partial charge in [0.25, 0.3) is 0 Å². The minimum atomic E-state index is -0.103. The van der Waals surface area contributed by atoms with E-state index in [1.165, 1.54) is 30.9 Å². The van der Waals surface area contributed by atoms with Gasteiger partial charge in [0.1, 0.15) is 5.82 Å². The molecule has 0 radical (unpaired) electrons. The van der Waals surface area contributed by atoms with E-state index in [2.05, 4.69) is 5.32 Å². The van der Waals surface area contributed by atoms with E-state index in [4.69, 9.17) is 0 Å². The lowest BCUT2D eigenvalue weighted by atomic mass is 9.66. The molecule has 0 amide bonds. The smallest absolute Gasteiger partial charge is 0.123 e. The average Bonchev–Trinajstić information content (AvgIpc) is 2.41. The van der Waals surface area contributed by atoms with Crippen LogP contribution in [0.25, 0.3) is 0 Å². The molecule has 1 aromatic carbocycles. The first-order valence-corrected chi connectivity index (χ1v) is 4.84. The number of benzene rings is 1. The highest BCUT2D eigenvalue weighted by Gasteiger charge is 2.43. The molecule has 0 bridgehead atoms. The van der Waals surface area contributed by atoms with Crippen molar-refractivity contribution < 1.29 is 4.39 Å². The molecule has 1 N–H and O–H groups in total. The van der Waals surface area contributed by atoms with Crippen LogP contribution in [0, 0.1) is 5.82 Å². The molecule has 1 aliphatic carbocycles. The van der Waals surface area contributed by atoms with Crippen LogP contribution in [0.2, 0.25) is 0 Å². The van der Waals surface area contributed by atoms with Gasteiger partial charge in [-0.2, -0.15) is 0 Å². The maximum Gasteiger partial charge on any atom is 0.123 e. The van der Waals surface area contributed by atoms with Crippen molar-refractivity contribution >= 4 is 5.69 Å². The van der Waals surface area contributed by atoms with Gasteiger partial charge in [0.2, 0.25) is 0 Å². The topological polar surface area (TPSA) is 12.0 Å². The van der Waals surface area contributed by atoms with Crippen molar-refractivity contribution in [2.24, 2.45) is 0 Å². The quantitative estimate of drug-likeness (QED) is 0.642. The number of nitrogens with one attached hydrogen (secondary N) is 1. The molecule has 2 aliphatic rings. The first-order valence-electron chi connectivity index (χ1n) is 4.84. The first kappa shape index (κ1) is 7.36. The zero-order valence-electron chi connectivity index (χ0n) is 7.44. The van der Waals surface area contributed by atoms with Gasteiger partial charge in [0.05, 0.1) is 0 Å². The molecule has 0 unspecified atom stereocenters. The van der Waals surface area contributed by atoms with Gasteiger partial charge in [-0.1, -0.05) is 6.42 Å². The highest BCUT2D eigenvalue weighted by atomic mass is 19.1. The maximum atomic E-state index is 13.0. The predicted molar refractivity (Wildman–Crippen MR) is 50.4 cm³/mol. The average molecular weight is 177 g/mol. The molecule has 0 atom stereocenters. The minimum absolute atomic E-state index is 0.103. The second-order valence-corrected chi connectivity index (χ2v) is 4.18. The van der Waals surface area contributed by atoms with E-state index in [9.17, 15) is 4.39 Å². The summed E-state index contributed by atoms with van der Waals surface area (Å²) in [6, 6.07) is 5.09. The molecule has 13 heavy (non-hydrogen) atoms. The van der Waals surface area contributed by atoms with Crippen LogP contribution in [0.5, 0.6) is 0 Å². The lowest BCUT2D eigenvalue weighted by Gasteiger charge is -2.38. The molecular formula is C11H12FN. The molecule has 1 fully saturated rings. The normalized spacial score (nSPS) is 22.2. The highest BCUT2D eigenvalue weighted by Crippen LogP contribution is 2.50. The third kappa shape index (κ3) is 0.859. The Kier molecular flexibility index (Phi) is 1.27. The Morgan fingerprint density at radius 3 is 2.85 bits per heavy atom. The third-order valence-electron chi connectivity index (χ3n) is 3.48. The fourth-order valence-electron chi connectivity index (χ4n) is 2.52. The van der Waals surface area contributed by atoms with Crippen LogP contribution in [0.4, 0.5) is 10.1 Å². The molecule has 2 heteroatoms. The van der Waals surface area contributed by atoms with E-state index in [0.717, 1.165) is 12.2 Å². The van der Waals surface area contributed by atoms with Crippen molar-refractivity contribution in [1.29, 1.82) is 0 Å². The van der Waals surface area contributed by atoms with Crippen molar-refractivity contribution in [3.8, 4) is 0 Å². The Hall–Kier alpha value is -1.05. The van der Waals surface area contributed by atoms with Crippen molar-refractivity contribution in [3.63, 3.8) is 0 Å². The number of anilines is 1. The van der Waals surface area contributed by atoms with E-state index in [0.29, 0.717) is 0 Å². The second-order valence-electron chi connectivity index (χ2n) is 4.18. The van der Waals surface area contributed by atoms with Crippen molar-refractivity contribution in [2.75, 3.05) is 11.9 Å². The van der Waals surface area contributed by atoms with Gasteiger partial charge in [-0.15, -0.1) is 0 Å². The monoisotopic (exact) mass is 177 g/mol. The Balaban J connectivity index is 2.14. The van der Waals surface area contributed by atoms with E-state index in [1.807, 2.05) is 6.07 Å². The Bertz CT molecular complexity index is 355. The predicted octanol–water partition coefficient (Wildman–Crippen LogP) is 2.67. The zero-order chi connectivity index (χ0) is 8.89. The van der Waals surface area contributed by atoms with Gasteiger partial charge < -0.3 is 5.32 Å². The number of hydrogen-bond donors (Lipinski definition) is 1. The SMILES string of the molecule is Fc1ccc2c(c1)C1(CCC1)CN2. The molecule has 3 rings (SSSR count). The Morgan fingerprint density at radius 1 is 1.31 bits per heavy atom. The first-order chi connectivity index (χ1) is 6.30. The molecule has 1 aromatic rings. The standard InChI is InChI=1S/C11H12FN/c12-8-2-3-10-9(6-8)11(7-13-10)4-1-5-11/h2-3,6,13H,1,4-5,7H2. The molecule has 1 saturated carbocycles. The summed E-state index contributed by atoms with van der Waals surface area (Å²) in [5, 5.41) is 3.35. The molecular weight excluding hydrogens is 165 g/mol. The molecule has 1 aliphatic heterocycles. The Morgan fingerprint density at radius 2 is 2.15 bits per heavy atom. The van der Waals surface area contributed by atoms with Crippen molar-refractivity contribution in [2.45, 2.75) is 24.7 Å². The van der Waals surface area contributed by atoms with Crippen LogP contribution in [0.15, 0.2) is 18.2 Å². The number of fused-ring (bicyclic) bond motifs is 2. The van der Waals surface area contributed by atoms with Crippen LogP contribution in [0.1, 0.15) is 24.8 Å². The molecule has 68 valence electrons. The fourth-order valence-corrected chi connectivity index (χ4v) is 2.52. The number of rotatable bonds is 0. The summed E-state index contributed by atoms with van der Waals surface area (Å²) in [7, 11) is 0. The zero-order valence-corrected chi connectivity index (χ0v) is 7.44. The minimum Gasteiger partial charge on any atom is -0.384 e. The van der Waals surface area contributed by atoms with Crippen molar-refractivity contribution in [3.05, 3.63) is 29.6 Å². The summed E-state index contributed by atoms with van der Waals surface area (Å²) < 4.78 is 13.0. The van der Waals surface area contributed by atoms with Crippen LogP contribution < -0.4 is 5.32 Å². The largest absolute Gasteiger partial charge is 0.384 e. The molecule has 0 aromatic heterocycles. The summed E-state index contributed by atoms with van der Waals surface area (Å²) in [6.07, 6.45) is 3.73. The van der Waals surface area contributed by atoms with Gasteiger partial charge in [0.15, 0.2) is 0 Å². The molecule has 1 spiro atoms.